The van der Waals surface area contributed by atoms with Crippen LogP contribution in [0.1, 0.15) is 52.4 Å². The van der Waals surface area contributed by atoms with Crippen LogP contribution in [0.3, 0.4) is 0 Å². The molecule has 0 aromatic rings. The van der Waals surface area contributed by atoms with Crippen LogP contribution in [0.2, 0.25) is 0 Å². The van der Waals surface area contributed by atoms with Gasteiger partial charge >= 0.3 is 0 Å². The van der Waals surface area contributed by atoms with Crippen LogP contribution in [-0.2, 0) is 0 Å². The first-order valence-corrected chi connectivity index (χ1v) is 9.33. The number of rotatable bonds is 7. The van der Waals surface area contributed by atoms with Crippen molar-refractivity contribution in [3.8, 4) is 0 Å². The molecule has 2 fully saturated rings. The molecule has 0 aromatic heterocycles. The van der Waals surface area contributed by atoms with Gasteiger partial charge in [0.15, 0.2) is 0 Å². The van der Waals surface area contributed by atoms with E-state index in [1.807, 2.05) is 0 Å². The summed E-state index contributed by atoms with van der Waals surface area (Å²) in [6.07, 6.45) is 8.29. The highest BCUT2D eigenvalue weighted by molar-refractivity contribution is 4.81. The van der Waals surface area contributed by atoms with Crippen molar-refractivity contribution in [1.82, 2.24) is 15.1 Å². The van der Waals surface area contributed by atoms with Crippen LogP contribution in [0.4, 0.5) is 0 Å². The molecule has 0 bridgehead atoms. The first-order chi connectivity index (χ1) is 10.2. The monoisotopic (exact) mass is 295 g/mol. The van der Waals surface area contributed by atoms with Gasteiger partial charge in [-0.1, -0.05) is 6.92 Å². The molecule has 2 aliphatic rings. The van der Waals surface area contributed by atoms with Gasteiger partial charge in [-0.3, -0.25) is 0 Å². The van der Waals surface area contributed by atoms with Gasteiger partial charge < -0.3 is 15.1 Å². The zero-order valence-electron chi connectivity index (χ0n) is 14.6. The van der Waals surface area contributed by atoms with Crippen molar-refractivity contribution >= 4 is 0 Å². The number of nitrogens with zero attached hydrogens (tertiary/aromatic N) is 2. The summed E-state index contributed by atoms with van der Waals surface area (Å²) in [6.45, 7) is 12.5. The molecule has 2 rings (SSSR count). The second-order valence-electron chi connectivity index (χ2n) is 7.48. The van der Waals surface area contributed by atoms with Crippen molar-refractivity contribution in [2.24, 2.45) is 11.8 Å². The Morgan fingerprint density at radius 2 is 1.90 bits per heavy atom. The van der Waals surface area contributed by atoms with E-state index in [0.717, 1.165) is 11.8 Å². The summed E-state index contributed by atoms with van der Waals surface area (Å²) in [5.74, 6) is 1.83. The molecule has 0 radical (unpaired) electrons. The van der Waals surface area contributed by atoms with Gasteiger partial charge in [0.05, 0.1) is 0 Å². The molecule has 0 aliphatic carbocycles. The predicted octanol–water partition coefficient (Wildman–Crippen LogP) is 2.82. The summed E-state index contributed by atoms with van der Waals surface area (Å²) in [5.41, 5.74) is 0. The molecule has 2 saturated heterocycles. The van der Waals surface area contributed by atoms with E-state index in [1.54, 1.807) is 0 Å². The first-order valence-electron chi connectivity index (χ1n) is 9.33. The summed E-state index contributed by atoms with van der Waals surface area (Å²) in [4.78, 5) is 5.14. The second-order valence-corrected chi connectivity index (χ2v) is 7.48. The maximum absolute atomic E-state index is 3.83. The highest BCUT2D eigenvalue weighted by atomic mass is 15.1. The number of piperidine rings is 2. The van der Waals surface area contributed by atoms with Crippen LogP contribution in [0.25, 0.3) is 0 Å². The third-order valence-corrected chi connectivity index (χ3v) is 5.65. The van der Waals surface area contributed by atoms with E-state index in [9.17, 15) is 0 Å². The highest BCUT2D eigenvalue weighted by Crippen LogP contribution is 2.21. The lowest BCUT2D eigenvalue weighted by molar-refractivity contribution is 0.149. The van der Waals surface area contributed by atoms with Crippen LogP contribution < -0.4 is 5.32 Å². The molecule has 2 unspecified atom stereocenters. The molecule has 21 heavy (non-hydrogen) atoms. The predicted molar refractivity (Wildman–Crippen MR) is 91.8 cm³/mol. The van der Waals surface area contributed by atoms with Gasteiger partial charge in [0.2, 0.25) is 0 Å². The Balaban J connectivity index is 1.61. The van der Waals surface area contributed by atoms with Gasteiger partial charge in [-0.05, 0) is 97.1 Å². The van der Waals surface area contributed by atoms with E-state index in [1.165, 1.54) is 77.8 Å². The Kier molecular flexibility index (Phi) is 7.48. The third kappa shape index (κ3) is 5.88. The second kappa shape index (κ2) is 9.12. The molecule has 0 saturated carbocycles. The van der Waals surface area contributed by atoms with Crippen molar-refractivity contribution in [1.29, 1.82) is 0 Å². The van der Waals surface area contributed by atoms with Crippen LogP contribution in [0.15, 0.2) is 0 Å². The van der Waals surface area contributed by atoms with Gasteiger partial charge in [0.1, 0.15) is 0 Å². The lowest BCUT2D eigenvalue weighted by atomic mass is 9.90. The van der Waals surface area contributed by atoms with Crippen molar-refractivity contribution < 1.29 is 0 Å². The quantitative estimate of drug-likeness (QED) is 0.779. The SMILES string of the molecule is CCCN1CCCC(C(C)NCCC2CCN(C)CC2)C1. The van der Waals surface area contributed by atoms with Gasteiger partial charge in [-0.2, -0.15) is 0 Å². The Hall–Kier alpha value is -0.120. The van der Waals surface area contributed by atoms with E-state index < -0.39 is 0 Å². The standard InChI is InChI=1S/C18H37N3/c1-4-11-21-12-5-6-18(15-21)16(2)19-10-7-17-8-13-20(3)14-9-17/h16-19H,4-15H2,1-3H3. The summed E-state index contributed by atoms with van der Waals surface area (Å²) in [5, 5.41) is 3.83. The van der Waals surface area contributed by atoms with E-state index in [0.29, 0.717) is 6.04 Å². The van der Waals surface area contributed by atoms with E-state index in [2.05, 4.69) is 36.0 Å². The largest absolute Gasteiger partial charge is 0.314 e. The molecule has 3 heteroatoms. The molecule has 124 valence electrons. The summed E-state index contributed by atoms with van der Waals surface area (Å²) in [6, 6.07) is 0.691. The minimum absolute atomic E-state index is 0.691. The normalized spacial score (nSPS) is 27.9. The van der Waals surface area contributed by atoms with Crippen LogP contribution in [-0.4, -0.2) is 62.2 Å². The fourth-order valence-corrected chi connectivity index (χ4v) is 4.05. The van der Waals surface area contributed by atoms with Gasteiger partial charge in [-0.15, -0.1) is 0 Å². The van der Waals surface area contributed by atoms with Crippen LogP contribution in [0, 0.1) is 11.8 Å². The average molecular weight is 296 g/mol. The molecular formula is C18H37N3. The van der Waals surface area contributed by atoms with Crippen molar-refractivity contribution in [3.63, 3.8) is 0 Å². The topological polar surface area (TPSA) is 18.5 Å². The Morgan fingerprint density at radius 3 is 2.62 bits per heavy atom. The molecule has 1 N–H and O–H groups in total. The molecule has 0 aromatic carbocycles. The third-order valence-electron chi connectivity index (χ3n) is 5.65. The minimum Gasteiger partial charge on any atom is -0.314 e. The summed E-state index contributed by atoms with van der Waals surface area (Å²) in [7, 11) is 2.25. The lowest BCUT2D eigenvalue weighted by Crippen LogP contribution is -2.45. The van der Waals surface area contributed by atoms with Gasteiger partial charge in [0.25, 0.3) is 0 Å². The number of nitrogens with one attached hydrogen (secondary N) is 1. The number of likely N-dealkylation sites (tertiary alicyclic amines) is 2. The average Bonchev–Trinajstić information content (AvgIpc) is 2.50. The molecule has 3 nitrogen and oxygen atoms in total. The Bertz CT molecular complexity index is 272. The molecule has 0 spiro atoms. The Morgan fingerprint density at radius 1 is 1.14 bits per heavy atom. The minimum atomic E-state index is 0.691. The van der Waals surface area contributed by atoms with Crippen molar-refractivity contribution in [2.45, 2.75) is 58.4 Å². The Labute approximate surface area is 132 Å². The zero-order chi connectivity index (χ0) is 15.1. The highest BCUT2D eigenvalue weighted by Gasteiger charge is 2.24. The molecular weight excluding hydrogens is 258 g/mol. The summed E-state index contributed by atoms with van der Waals surface area (Å²) >= 11 is 0. The number of hydrogen-bond donors (Lipinski definition) is 1. The smallest absolute Gasteiger partial charge is 0.00792 e. The van der Waals surface area contributed by atoms with E-state index >= 15 is 0 Å². The van der Waals surface area contributed by atoms with Gasteiger partial charge in [-0.25, -0.2) is 0 Å². The van der Waals surface area contributed by atoms with E-state index in [-0.39, 0.29) is 0 Å². The fourth-order valence-electron chi connectivity index (χ4n) is 4.05. The fraction of sp³-hybridized carbons (Fsp3) is 1.00. The maximum atomic E-state index is 3.83. The summed E-state index contributed by atoms with van der Waals surface area (Å²) < 4.78 is 0. The van der Waals surface area contributed by atoms with E-state index in [4.69, 9.17) is 0 Å². The lowest BCUT2D eigenvalue weighted by Gasteiger charge is -2.36. The maximum Gasteiger partial charge on any atom is 0.00792 e. The molecule has 2 heterocycles. The molecule has 0 amide bonds. The van der Waals surface area contributed by atoms with Gasteiger partial charge in [0, 0.05) is 12.6 Å². The van der Waals surface area contributed by atoms with Crippen molar-refractivity contribution in [3.05, 3.63) is 0 Å². The van der Waals surface area contributed by atoms with Crippen molar-refractivity contribution in [2.75, 3.05) is 46.3 Å². The van der Waals surface area contributed by atoms with Crippen LogP contribution in [0.5, 0.6) is 0 Å². The molecule has 2 aliphatic heterocycles. The zero-order valence-corrected chi connectivity index (χ0v) is 14.6. The first kappa shape index (κ1) is 17.2. The molecule has 2 atom stereocenters. The van der Waals surface area contributed by atoms with Crippen LogP contribution >= 0.6 is 0 Å². The number of hydrogen-bond acceptors (Lipinski definition) is 3.